The molecule has 0 amide bonds. The maximum absolute atomic E-state index is 9.25. The monoisotopic (exact) mass is 218 g/mol. The lowest BCUT2D eigenvalue weighted by atomic mass is 10.1. The molecular weight excluding hydrogens is 204 g/mol. The Bertz CT molecular complexity index is 506. The van der Waals surface area contributed by atoms with Crippen LogP contribution in [0.2, 0.25) is 0 Å². The Morgan fingerprint density at radius 1 is 1.06 bits per heavy atom. The molecule has 0 unspecified atom stereocenters. The molecule has 0 atom stereocenters. The van der Waals surface area contributed by atoms with Crippen LogP contribution in [-0.2, 0) is 6.61 Å². The lowest BCUT2D eigenvalue weighted by Gasteiger charge is -2.10. The first-order valence-corrected chi connectivity index (χ1v) is 5.04. The molecule has 0 heterocycles. The van der Waals surface area contributed by atoms with Crippen LogP contribution in [0.3, 0.4) is 0 Å². The average molecular weight is 218 g/mol. The van der Waals surface area contributed by atoms with Gasteiger partial charge < -0.3 is 14.6 Å². The molecule has 0 bridgehead atoms. The van der Waals surface area contributed by atoms with Crippen molar-refractivity contribution in [3.05, 3.63) is 35.9 Å². The molecule has 16 heavy (non-hydrogen) atoms. The SMILES string of the molecule is COc1cc2cccc(OC)c2cc1CO. The van der Waals surface area contributed by atoms with Crippen LogP contribution in [0.1, 0.15) is 5.56 Å². The van der Waals surface area contributed by atoms with E-state index in [1.807, 2.05) is 30.3 Å². The van der Waals surface area contributed by atoms with E-state index in [1.165, 1.54) is 0 Å². The average Bonchev–Trinajstić information content (AvgIpc) is 2.36. The van der Waals surface area contributed by atoms with Gasteiger partial charge in [-0.2, -0.15) is 0 Å². The van der Waals surface area contributed by atoms with Gasteiger partial charge in [0.1, 0.15) is 11.5 Å². The first-order valence-electron chi connectivity index (χ1n) is 5.04. The van der Waals surface area contributed by atoms with E-state index in [-0.39, 0.29) is 6.61 Å². The predicted octanol–water partition coefficient (Wildman–Crippen LogP) is 2.35. The number of fused-ring (bicyclic) bond motifs is 1. The van der Waals surface area contributed by atoms with E-state index in [9.17, 15) is 5.11 Å². The van der Waals surface area contributed by atoms with Gasteiger partial charge in [0.25, 0.3) is 0 Å². The quantitative estimate of drug-likeness (QED) is 0.859. The van der Waals surface area contributed by atoms with E-state index in [1.54, 1.807) is 14.2 Å². The van der Waals surface area contributed by atoms with Crippen molar-refractivity contribution >= 4 is 10.8 Å². The molecule has 0 aromatic heterocycles. The summed E-state index contributed by atoms with van der Waals surface area (Å²) < 4.78 is 10.5. The van der Waals surface area contributed by atoms with Gasteiger partial charge in [0.2, 0.25) is 0 Å². The van der Waals surface area contributed by atoms with Crippen molar-refractivity contribution in [1.29, 1.82) is 0 Å². The largest absolute Gasteiger partial charge is 0.496 e. The zero-order chi connectivity index (χ0) is 11.5. The van der Waals surface area contributed by atoms with Crippen LogP contribution < -0.4 is 9.47 Å². The zero-order valence-electron chi connectivity index (χ0n) is 9.36. The van der Waals surface area contributed by atoms with Crippen LogP contribution >= 0.6 is 0 Å². The highest BCUT2D eigenvalue weighted by Crippen LogP contribution is 2.31. The van der Waals surface area contributed by atoms with Gasteiger partial charge in [0, 0.05) is 10.9 Å². The fourth-order valence-electron chi connectivity index (χ4n) is 1.81. The molecule has 2 aromatic carbocycles. The third-order valence-corrected chi connectivity index (χ3v) is 2.63. The molecule has 0 spiro atoms. The standard InChI is InChI=1S/C13H14O3/c1-15-12-5-3-4-9-7-13(16-2)10(8-14)6-11(9)12/h3-7,14H,8H2,1-2H3. The van der Waals surface area contributed by atoms with Crippen LogP contribution in [0.15, 0.2) is 30.3 Å². The molecule has 0 aliphatic carbocycles. The Balaban J connectivity index is 2.72. The molecule has 84 valence electrons. The zero-order valence-corrected chi connectivity index (χ0v) is 9.36. The Kier molecular flexibility index (Phi) is 2.97. The molecule has 0 radical (unpaired) electrons. The maximum Gasteiger partial charge on any atom is 0.126 e. The molecule has 2 rings (SSSR count). The van der Waals surface area contributed by atoms with Gasteiger partial charge in [-0.05, 0) is 23.6 Å². The first kappa shape index (κ1) is 10.8. The van der Waals surface area contributed by atoms with Crippen molar-refractivity contribution in [2.24, 2.45) is 0 Å². The van der Waals surface area contributed by atoms with Crippen molar-refractivity contribution in [3.63, 3.8) is 0 Å². The number of ether oxygens (including phenoxy) is 2. The minimum atomic E-state index is -0.0445. The van der Waals surface area contributed by atoms with Crippen molar-refractivity contribution < 1.29 is 14.6 Å². The first-order chi connectivity index (χ1) is 7.80. The molecule has 1 N–H and O–H groups in total. The van der Waals surface area contributed by atoms with Crippen molar-refractivity contribution in [2.75, 3.05) is 14.2 Å². The van der Waals surface area contributed by atoms with Gasteiger partial charge in [-0.15, -0.1) is 0 Å². The minimum Gasteiger partial charge on any atom is -0.496 e. The highest BCUT2D eigenvalue weighted by atomic mass is 16.5. The summed E-state index contributed by atoms with van der Waals surface area (Å²) in [6.45, 7) is -0.0445. The van der Waals surface area contributed by atoms with E-state index in [4.69, 9.17) is 9.47 Å². The summed E-state index contributed by atoms with van der Waals surface area (Å²) in [6.07, 6.45) is 0. The van der Waals surface area contributed by atoms with E-state index >= 15 is 0 Å². The number of aliphatic hydroxyl groups is 1. The fourth-order valence-corrected chi connectivity index (χ4v) is 1.81. The number of aliphatic hydroxyl groups excluding tert-OH is 1. The van der Waals surface area contributed by atoms with Crippen LogP contribution in [0, 0.1) is 0 Å². The Morgan fingerprint density at radius 2 is 1.81 bits per heavy atom. The molecule has 0 aliphatic rings. The molecule has 3 nitrogen and oxygen atoms in total. The summed E-state index contributed by atoms with van der Waals surface area (Å²) in [5.41, 5.74) is 0.763. The highest BCUT2D eigenvalue weighted by Gasteiger charge is 2.07. The topological polar surface area (TPSA) is 38.7 Å². The Labute approximate surface area is 94.2 Å². The number of benzene rings is 2. The molecule has 3 heteroatoms. The Morgan fingerprint density at radius 3 is 2.44 bits per heavy atom. The Hall–Kier alpha value is -1.74. The van der Waals surface area contributed by atoms with Gasteiger partial charge in [0.15, 0.2) is 0 Å². The third-order valence-electron chi connectivity index (χ3n) is 2.63. The second-order valence-electron chi connectivity index (χ2n) is 3.50. The molecular formula is C13H14O3. The summed E-state index contributed by atoms with van der Waals surface area (Å²) >= 11 is 0. The fraction of sp³-hybridized carbons (Fsp3) is 0.231. The smallest absolute Gasteiger partial charge is 0.126 e. The molecule has 0 aliphatic heterocycles. The van der Waals surface area contributed by atoms with E-state index in [2.05, 4.69) is 0 Å². The minimum absolute atomic E-state index is 0.0445. The van der Waals surface area contributed by atoms with Gasteiger partial charge >= 0.3 is 0 Å². The summed E-state index contributed by atoms with van der Waals surface area (Å²) in [5, 5.41) is 11.3. The molecule has 2 aromatic rings. The van der Waals surface area contributed by atoms with Crippen LogP contribution in [0.25, 0.3) is 10.8 Å². The number of methoxy groups -OCH3 is 2. The predicted molar refractivity (Wildman–Crippen MR) is 63.0 cm³/mol. The van der Waals surface area contributed by atoms with Crippen molar-refractivity contribution in [1.82, 2.24) is 0 Å². The van der Waals surface area contributed by atoms with E-state index in [0.717, 1.165) is 22.1 Å². The van der Waals surface area contributed by atoms with Gasteiger partial charge in [-0.1, -0.05) is 12.1 Å². The normalized spacial score (nSPS) is 10.4. The summed E-state index contributed by atoms with van der Waals surface area (Å²) in [4.78, 5) is 0. The van der Waals surface area contributed by atoms with E-state index in [0.29, 0.717) is 5.75 Å². The highest BCUT2D eigenvalue weighted by molar-refractivity contribution is 5.90. The maximum atomic E-state index is 9.25. The number of rotatable bonds is 3. The van der Waals surface area contributed by atoms with Crippen molar-refractivity contribution in [2.45, 2.75) is 6.61 Å². The van der Waals surface area contributed by atoms with Crippen LogP contribution in [-0.4, -0.2) is 19.3 Å². The lowest BCUT2D eigenvalue weighted by Crippen LogP contribution is -1.93. The van der Waals surface area contributed by atoms with Gasteiger partial charge in [-0.25, -0.2) is 0 Å². The summed E-state index contributed by atoms with van der Waals surface area (Å²) in [5.74, 6) is 1.50. The van der Waals surface area contributed by atoms with Crippen molar-refractivity contribution in [3.8, 4) is 11.5 Å². The summed E-state index contributed by atoms with van der Waals surface area (Å²) in [6, 6.07) is 9.62. The second kappa shape index (κ2) is 4.41. The molecule has 0 saturated carbocycles. The van der Waals surface area contributed by atoms with Crippen LogP contribution in [0.5, 0.6) is 11.5 Å². The lowest BCUT2D eigenvalue weighted by molar-refractivity contribution is 0.274. The number of hydrogen-bond acceptors (Lipinski definition) is 3. The molecule has 0 saturated heterocycles. The van der Waals surface area contributed by atoms with Gasteiger partial charge in [0.05, 0.1) is 20.8 Å². The van der Waals surface area contributed by atoms with Crippen LogP contribution in [0.4, 0.5) is 0 Å². The number of hydrogen-bond donors (Lipinski definition) is 1. The molecule has 0 fully saturated rings. The second-order valence-corrected chi connectivity index (χ2v) is 3.50. The van der Waals surface area contributed by atoms with Gasteiger partial charge in [-0.3, -0.25) is 0 Å². The third kappa shape index (κ3) is 1.70. The summed E-state index contributed by atoms with van der Waals surface area (Å²) in [7, 11) is 3.23. The van der Waals surface area contributed by atoms with E-state index < -0.39 is 0 Å².